The van der Waals surface area contributed by atoms with Crippen molar-refractivity contribution in [2.24, 2.45) is 0 Å². The first-order valence-electron chi connectivity index (χ1n) is 7.56. The SMILES string of the molecule is CCSC1CCCC1NC(=O)/C=C/COc1ccccc1. The fraction of sp³-hybridized carbons (Fsp3) is 0.471. The lowest BCUT2D eigenvalue weighted by molar-refractivity contribution is -0.117. The average molecular weight is 305 g/mol. The van der Waals surface area contributed by atoms with Crippen LogP contribution >= 0.6 is 11.8 Å². The van der Waals surface area contributed by atoms with Gasteiger partial charge in [0.1, 0.15) is 12.4 Å². The largest absolute Gasteiger partial charge is 0.490 e. The molecule has 0 bridgehead atoms. The van der Waals surface area contributed by atoms with Crippen molar-refractivity contribution in [2.75, 3.05) is 12.4 Å². The predicted molar refractivity (Wildman–Crippen MR) is 88.8 cm³/mol. The molecule has 1 amide bonds. The van der Waals surface area contributed by atoms with E-state index in [9.17, 15) is 4.79 Å². The molecule has 0 radical (unpaired) electrons. The number of benzene rings is 1. The van der Waals surface area contributed by atoms with E-state index in [0.29, 0.717) is 17.9 Å². The van der Waals surface area contributed by atoms with Crippen LogP contribution in [0.4, 0.5) is 0 Å². The number of ether oxygens (including phenoxy) is 1. The van der Waals surface area contributed by atoms with E-state index in [0.717, 1.165) is 17.9 Å². The number of rotatable bonds is 7. The topological polar surface area (TPSA) is 38.3 Å². The van der Waals surface area contributed by atoms with Gasteiger partial charge in [0.25, 0.3) is 0 Å². The summed E-state index contributed by atoms with van der Waals surface area (Å²) >= 11 is 1.95. The molecule has 0 saturated heterocycles. The third-order valence-corrected chi connectivity index (χ3v) is 4.85. The van der Waals surface area contributed by atoms with Crippen molar-refractivity contribution in [3.63, 3.8) is 0 Å². The van der Waals surface area contributed by atoms with Crippen LogP contribution in [-0.2, 0) is 4.79 Å². The molecule has 3 nitrogen and oxygen atoms in total. The fourth-order valence-electron chi connectivity index (χ4n) is 2.55. The summed E-state index contributed by atoms with van der Waals surface area (Å²) in [4.78, 5) is 11.9. The van der Waals surface area contributed by atoms with Gasteiger partial charge in [-0.1, -0.05) is 31.5 Å². The Morgan fingerprint density at radius 3 is 2.95 bits per heavy atom. The molecular formula is C17H23NO2S. The van der Waals surface area contributed by atoms with E-state index in [1.165, 1.54) is 12.8 Å². The van der Waals surface area contributed by atoms with Crippen LogP contribution in [-0.4, -0.2) is 29.6 Å². The summed E-state index contributed by atoms with van der Waals surface area (Å²) in [5, 5.41) is 3.69. The number of carbonyl (C=O) groups excluding carboxylic acids is 1. The first-order chi connectivity index (χ1) is 10.3. The molecule has 2 unspecified atom stereocenters. The number of thioether (sulfide) groups is 1. The zero-order chi connectivity index (χ0) is 14.9. The molecular weight excluding hydrogens is 282 g/mol. The van der Waals surface area contributed by atoms with Crippen LogP contribution in [0, 0.1) is 0 Å². The van der Waals surface area contributed by atoms with Crippen molar-refractivity contribution in [1.82, 2.24) is 5.32 Å². The molecule has 1 saturated carbocycles. The maximum Gasteiger partial charge on any atom is 0.244 e. The molecule has 1 N–H and O–H groups in total. The molecule has 0 aliphatic heterocycles. The average Bonchev–Trinajstić information content (AvgIpc) is 2.92. The summed E-state index contributed by atoms with van der Waals surface area (Å²) in [5.41, 5.74) is 0. The summed E-state index contributed by atoms with van der Waals surface area (Å²) < 4.78 is 5.52. The summed E-state index contributed by atoms with van der Waals surface area (Å²) in [6.45, 7) is 2.58. The monoisotopic (exact) mass is 305 g/mol. The standard InChI is InChI=1S/C17H23NO2S/c1-2-21-16-11-6-10-15(16)18-17(19)12-7-13-20-14-8-4-3-5-9-14/h3-5,7-9,12,15-16H,2,6,10-11,13H2,1H3,(H,18,19)/b12-7+. The number of hydrogen-bond acceptors (Lipinski definition) is 3. The second kappa shape index (κ2) is 8.78. The van der Waals surface area contributed by atoms with Gasteiger partial charge in [0, 0.05) is 17.4 Å². The summed E-state index contributed by atoms with van der Waals surface area (Å²) in [6, 6.07) is 9.93. The molecule has 0 spiro atoms. The molecule has 1 fully saturated rings. The molecule has 1 aromatic rings. The zero-order valence-corrected chi connectivity index (χ0v) is 13.3. The smallest absolute Gasteiger partial charge is 0.244 e. The molecule has 2 rings (SSSR count). The van der Waals surface area contributed by atoms with Gasteiger partial charge in [0.15, 0.2) is 0 Å². The van der Waals surface area contributed by atoms with Crippen LogP contribution in [0.15, 0.2) is 42.5 Å². The van der Waals surface area contributed by atoms with Crippen molar-refractivity contribution in [3.05, 3.63) is 42.5 Å². The maximum absolute atomic E-state index is 11.9. The van der Waals surface area contributed by atoms with E-state index in [2.05, 4.69) is 12.2 Å². The van der Waals surface area contributed by atoms with Crippen LogP contribution in [0.1, 0.15) is 26.2 Å². The van der Waals surface area contributed by atoms with Gasteiger partial charge in [-0.2, -0.15) is 11.8 Å². The normalized spacial score (nSPS) is 21.6. The van der Waals surface area contributed by atoms with E-state index in [1.807, 2.05) is 42.1 Å². The number of amides is 1. The Hall–Kier alpha value is -1.42. The molecule has 1 aromatic carbocycles. The summed E-state index contributed by atoms with van der Waals surface area (Å²) in [7, 11) is 0. The number of carbonyl (C=O) groups is 1. The molecule has 1 aliphatic carbocycles. The first-order valence-corrected chi connectivity index (χ1v) is 8.61. The highest BCUT2D eigenvalue weighted by molar-refractivity contribution is 7.99. The van der Waals surface area contributed by atoms with Gasteiger partial charge in [0.2, 0.25) is 5.91 Å². The second-order valence-corrected chi connectivity index (χ2v) is 6.58. The van der Waals surface area contributed by atoms with Crippen LogP contribution in [0.5, 0.6) is 5.75 Å². The molecule has 0 aromatic heterocycles. The minimum atomic E-state index is -0.0136. The molecule has 0 heterocycles. The highest BCUT2D eigenvalue weighted by Gasteiger charge is 2.27. The van der Waals surface area contributed by atoms with Crippen LogP contribution in [0.2, 0.25) is 0 Å². The van der Waals surface area contributed by atoms with Gasteiger partial charge in [-0.15, -0.1) is 0 Å². The zero-order valence-electron chi connectivity index (χ0n) is 12.5. The minimum Gasteiger partial charge on any atom is -0.490 e. The number of para-hydroxylation sites is 1. The van der Waals surface area contributed by atoms with Gasteiger partial charge >= 0.3 is 0 Å². The summed E-state index contributed by atoms with van der Waals surface area (Å²) in [5.74, 6) is 1.91. The number of hydrogen-bond donors (Lipinski definition) is 1. The Kier molecular flexibility index (Phi) is 6.67. The second-order valence-electron chi connectivity index (χ2n) is 5.07. The fourth-order valence-corrected chi connectivity index (χ4v) is 3.75. The highest BCUT2D eigenvalue weighted by Crippen LogP contribution is 2.29. The van der Waals surface area contributed by atoms with Crippen molar-refractivity contribution in [3.8, 4) is 5.75 Å². The lowest BCUT2D eigenvalue weighted by Gasteiger charge is -2.19. The molecule has 114 valence electrons. The van der Waals surface area contributed by atoms with Crippen LogP contribution < -0.4 is 10.1 Å². The van der Waals surface area contributed by atoms with Crippen LogP contribution in [0.25, 0.3) is 0 Å². The quantitative estimate of drug-likeness (QED) is 0.785. The van der Waals surface area contributed by atoms with Crippen molar-refractivity contribution in [1.29, 1.82) is 0 Å². The molecule has 1 aliphatic rings. The minimum absolute atomic E-state index is 0.0136. The van der Waals surface area contributed by atoms with Gasteiger partial charge in [-0.3, -0.25) is 4.79 Å². The van der Waals surface area contributed by atoms with E-state index in [1.54, 1.807) is 12.2 Å². The van der Waals surface area contributed by atoms with E-state index < -0.39 is 0 Å². The summed E-state index contributed by atoms with van der Waals surface area (Å²) in [6.07, 6.45) is 6.86. The highest BCUT2D eigenvalue weighted by atomic mass is 32.2. The van der Waals surface area contributed by atoms with E-state index >= 15 is 0 Å². The number of nitrogens with one attached hydrogen (secondary N) is 1. The van der Waals surface area contributed by atoms with Gasteiger partial charge in [-0.25, -0.2) is 0 Å². The Balaban J connectivity index is 1.70. The Labute approximate surface area is 131 Å². The van der Waals surface area contributed by atoms with Crippen molar-refractivity contribution in [2.45, 2.75) is 37.5 Å². The molecule has 4 heteroatoms. The van der Waals surface area contributed by atoms with Gasteiger partial charge < -0.3 is 10.1 Å². The Morgan fingerprint density at radius 2 is 2.19 bits per heavy atom. The maximum atomic E-state index is 11.9. The lowest BCUT2D eigenvalue weighted by Crippen LogP contribution is -2.37. The Bertz CT molecular complexity index is 461. The third kappa shape index (κ3) is 5.46. The first kappa shape index (κ1) is 16.0. The van der Waals surface area contributed by atoms with Crippen molar-refractivity contribution < 1.29 is 9.53 Å². The van der Waals surface area contributed by atoms with Crippen LogP contribution in [0.3, 0.4) is 0 Å². The molecule has 2 atom stereocenters. The van der Waals surface area contributed by atoms with E-state index in [4.69, 9.17) is 4.74 Å². The van der Waals surface area contributed by atoms with Gasteiger partial charge in [-0.05, 0) is 36.8 Å². The molecule has 21 heavy (non-hydrogen) atoms. The lowest BCUT2D eigenvalue weighted by atomic mass is 10.2. The Morgan fingerprint density at radius 1 is 1.38 bits per heavy atom. The third-order valence-electron chi connectivity index (χ3n) is 3.52. The predicted octanol–water partition coefficient (Wildman–Crippen LogP) is 3.41. The van der Waals surface area contributed by atoms with E-state index in [-0.39, 0.29) is 5.91 Å². The van der Waals surface area contributed by atoms with Crippen molar-refractivity contribution >= 4 is 17.7 Å². The van der Waals surface area contributed by atoms with Gasteiger partial charge in [0.05, 0.1) is 0 Å².